The number of carboxylic acid groups (broad SMARTS) is 3. The number of aliphatic carboxylic acids is 3. The number of carbonyl (C=O) groups is 3. The van der Waals surface area contributed by atoms with Crippen molar-refractivity contribution < 1.29 is 29.7 Å². The zero-order valence-electron chi connectivity index (χ0n) is 18.6. The van der Waals surface area contributed by atoms with Gasteiger partial charge in [0.25, 0.3) is 0 Å². The van der Waals surface area contributed by atoms with Gasteiger partial charge in [-0.25, -0.2) is 0 Å². The maximum absolute atomic E-state index is 10.1. The summed E-state index contributed by atoms with van der Waals surface area (Å²) in [6, 6.07) is 0. The Kier molecular flexibility index (Phi) is 29.5. The van der Waals surface area contributed by atoms with E-state index < -0.39 is 17.9 Å². The molecule has 6 nitrogen and oxygen atoms in total. The molecule has 3 unspecified atom stereocenters. The molecule has 0 fully saturated rings. The van der Waals surface area contributed by atoms with Gasteiger partial charge in [-0.15, -0.1) is 0 Å². The first-order valence-electron chi connectivity index (χ1n) is 10.2. The SMILES string of the molecule is CCCCC(C)C(=O)[O-].CCCCC(C)C(=O)[O-].CCCCC(C)C(=O)[O-].[Al+3]. The molecule has 0 aliphatic carbocycles. The molecule has 0 aromatic carbocycles. The van der Waals surface area contributed by atoms with Gasteiger partial charge in [0, 0.05) is 17.9 Å². The van der Waals surface area contributed by atoms with E-state index in [1.54, 1.807) is 20.8 Å². The summed E-state index contributed by atoms with van der Waals surface area (Å²) in [7, 11) is 0. The normalized spacial score (nSPS) is 12.6. The Morgan fingerprint density at radius 2 is 0.750 bits per heavy atom. The van der Waals surface area contributed by atoms with E-state index in [-0.39, 0.29) is 35.1 Å². The maximum Gasteiger partial charge on any atom is 3.00 e. The molecule has 0 spiro atoms. The van der Waals surface area contributed by atoms with E-state index >= 15 is 0 Å². The summed E-state index contributed by atoms with van der Waals surface area (Å²) < 4.78 is 0. The largest absolute Gasteiger partial charge is 3.00 e. The van der Waals surface area contributed by atoms with E-state index in [0.717, 1.165) is 57.8 Å². The van der Waals surface area contributed by atoms with Crippen LogP contribution >= 0.6 is 0 Å². The van der Waals surface area contributed by atoms with Crippen LogP contribution in [0.4, 0.5) is 0 Å². The molecule has 3 atom stereocenters. The number of carbonyl (C=O) groups excluding carboxylic acids is 3. The fourth-order valence-corrected chi connectivity index (χ4v) is 1.88. The van der Waals surface area contributed by atoms with Gasteiger partial charge in [-0.1, -0.05) is 80.1 Å². The second-order valence-corrected chi connectivity index (χ2v) is 7.09. The van der Waals surface area contributed by atoms with E-state index in [2.05, 4.69) is 0 Å². The molecule has 0 heterocycles. The molecule has 0 aliphatic heterocycles. The molecule has 0 N–H and O–H groups in total. The van der Waals surface area contributed by atoms with Gasteiger partial charge in [0.2, 0.25) is 0 Å². The molecular formula is C21H39AlO6. The van der Waals surface area contributed by atoms with Gasteiger partial charge >= 0.3 is 17.4 Å². The van der Waals surface area contributed by atoms with Crippen LogP contribution in [0.3, 0.4) is 0 Å². The summed E-state index contributed by atoms with van der Waals surface area (Å²) >= 11 is 0. The van der Waals surface area contributed by atoms with E-state index in [1.807, 2.05) is 20.8 Å². The van der Waals surface area contributed by atoms with Crippen molar-refractivity contribution in [3.63, 3.8) is 0 Å². The van der Waals surface area contributed by atoms with Crippen LogP contribution in [0, 0.1) is 17.8 Å². The first-order chi connectivity index (χ1) is 12.5. The van der Waals surface area contributed by atoms with Crippen LogP contribution in [-0.2, 0) is 14.4 Å². The Bertz CT molecular complexity index is 330. The average molecular weight is 415 g/mol. The average Bonchev–Trinajstić information content (AvgIpc) is 2.62. The van der Waals surface area contributed by atoms with Gasteiger partial charge in [-0.2, -0.15) is 0 Å². The van der Waals surface area contributed by atoms with Crippen molar-refractivity contribution in [1.82, 2.24) is 0 Å². The molecule has 7 heteroatoms. The van der Waals surface area contributed by atoms with Crippen molar-refractivity contribution >= 4 is 35.3 Å². The van der Waals surface area contributed by atoms with Gasteiger partial charge in [0.15, 0.2) is 0 Å². The van der Waals surface area contributed by atoms with Crippen LogP contribution in [0.5, 0.6) is 0 Å². The van der Waals surface area contributed by atoms with Gasteiger partial charge in [-0.3, -0.25) is 0 Å². The zero-order chi connectivity index (χ0) is 21.8. The summed E-state index contributed by atoms with van der Waals surface area (Å²) in [6.45, 7) is 11.2. The molecular weight excluding hydrogens is 375 g/mol. The molecule has 0 aromatic heterocycles. The molecule has 0 radical (unpaired) electrons. The first kappa shape index (κ1) is 34.4. The third-order valence-electron chi connectivity index (χ3n) is 4.18. The van der Waals surface area contributed by atoms with Gasteiger partial charge in [0.1, 0.15) is 0 Å². The van der Waals surface area contributed by atoms with Crippen LogP contribution in [0.1, 0.15) is 99.3 Å². The van der Waals surface area contributed by atoms with Crippen LogP contribution < -0.4 is 15.3 Å². The maximum atomic E-state index is 10.1. The van der Waals surface area contributed by atoms with Crippen molar-refractivity contribution in [3.8, 4) is 0 Å². The van der Waals surface area contributed by atoms with E-state index in [1.165, 1.54) is 0 Å². The summed E-state index contributed by atoms with van der Waals surface area (Å²) in [6.07, 6.45) is 8.35. The standard InChI is InChI=1S/3C7H14O2.Al/c3*1-3-4-5-6(2)7(8)9;/h3*6H,3-5H2,1-2H3,(H,8,9);/q;;;+3/p-3. The Morgan fingerprint density at radius 3 is 0.857 bits per heavy atom. The summed E-state index contributed by atoms with van der Waals surface area (Å²) in [4.78, 5) is 30.3. The Balaban J connectivity index is -0.000000152. The third-order valence-corrected chi connectivity index (χ3v) is 4.18. The molecule has 0 saturated carbocycles. The second-order valence-electron chi connectivity index (χ2n) is 7.09. The van der Waals surface area contributed by atoms with Crippen LogP contribution in [0.2, 0.25) is 0 Å². The molecule has 0 saturated heterocycles. The predicted molar refractivity (Wildman–Crippen MR) is 107 cm³/mol. The van der Waals surface area contributed by atoms with E-state index in [9.17, 15) is 29.7 Å². The Labute approximate surface area is 182 Å². The Morgan fingerprint density at radius 1 is 0.571 bits per heavy atom. The number of hydrogen-bond acceptors (Lipinski definition) is 6. The second kappa shape index (κ2) is 24.0. The zero-order valence-corrected chi connectivity index (χ0v) is 19.8. The minimum Gasteiger partial charge on any atom is -0.550 e. The summed E-state index contributed by atoms with van der Waals surface area (Å²) in [5.41, 5.74) is 0. The monoisotopic (exact) mass is 414 g/mol. The van der Waals surface area contributed by atoms with Gasteiger partial charge in [0.05, 0.1) is 0 Å². The number of carboxylic acids is 3. The Hall–Kier alpha value is -1.06. The first-order valence-corrected chi connectivity index (χ1v) is 10.2. The van der Waals surface area contributed by atoms with Crippen molar-refractivity contribution in [2.45, 2.75) is 99.3 Å². The van der Waals surface area contributed by atoms with Crippen LogP contribution in [0.15, 0.2) is 0 Å². The minimum absolute atomic E-state index is 0. The van der Waals surface area contributed by atoms with Gasteiger partial charge < -0.3 is 29.7 Å². The molecule has 0 aliphatic rings. The fraction of sp³-hybridized carbons (Fsp3) is 0.857. The van der Waals surface area contributed by atoms with Crippen LogP contribution in [-0.4, -0.2) is 35.3 Å². The quantitative estimate of drug-likeness (QED) is 0.444. The van der Waals surface area contributed by atoms with Crippen molar-refractivity contribution in [2.75, 3.05) is 0 Å². The summed E-state index contributed by atoms with van der Waals surface area (Å²) in [5.74, 6) is -3.60. The number of unbranched alkanes of at least 4 members (excludes halogenated alkanes) is 3. The third kappa shape index (κ3) is 27.2. The fourth-order valence-electron chi connectivity index (χ4n) is 1.88. The topological polar surface area (TPSA) is 120 Å². The molecule has 0 bridgehead atoms. The number of rotatable bonds is 12. The molecule has 28 heavy (non-hydrogen) atoms. The van der Waals surface area contributed by atoms with E-state index in [0.29, 0.717) is 0 Å². The van der Waals surface area contributed by atoms with E-state index in [4.69, 9.17) is 0 Å². The van der Waals surface area contributed by atoms with Crippen molar-refractivity contribution in [3.05, 3.63) is 0 Å². The smallest absolute Gasteiger partial charge is 0.550 e. The van der Waals surface area contributed by atoms with Crippen molar-refractivity contribution in [1.29, 1.82) is 0 Å². The molecule has 0 amide bonds. The van der Waals surface area contributed by atoms with Gasteiger partial charge in [-0.05, 0) is 37.0 Å². The summed E-state index contributed by atoms with van der Waals surface area (Å²) in [5, 5.41) is 30.3. The van der Waals surface area contributed by atoms with Crippen LogP contribution in [0.25, 0.3) is 0 Å². The van der Waals surface area contributed by atoms with Crippen molar-refractivity contribution in [2.24, 2.45) is 17.8 Å². The minimum atomic E-state index is -0.927. The molecule has 162 valence electrons. The predicted octanol–water partition coefficient (Wildman–Crippen LogP) is 1.31. The molecule has 0 rings (SSSR count). The number of hydrogen-bond donors (Lipinski definition) is 0. The molecule has 0 aromatic rings.